The molecule has 2 amide bonds. The first-order chi connectivity index (χ1) is 37.8. The van der Waals surface area contributed by atoms with Gasteiger partial charge < -0.3 is 49.0 Å². The van der Waals surface area contributed by atoms with Gasteiger partial charge in [-0.1, -0.05) is 103 Å². The van der Waals surface area contributed by atoms with Crippen LogP contribution in [0.2, 0.25) is 0 Å². The van der Waals surface area contributed by atoms with Crippen molar-refractivity contribution in [3.63, 3.8) is 0 Å². The second-order valence-electron chi connectivity index (χ2n) is 20.5. The summed E-state index contributed by atoms with van der Waals surface area (Å²) in [5, 5.41) is 25.3. The van der Waals surface area contributed by atoms with E-state index >= 15 is 0 Å². The topological polar surface area (TPSA) is 225 Å². The van der Waals surface area contributed by atoms with E-state index in [2.05, 4.69) is 67.1 Å². The fourth-order valence-corrected chi connectivity index (χ4v) is 10.6. The first-order valence-corrected chi connectivity index (χ1v) is 28.9. The molecule has 17 nitrogen and oxygen atoms in total. The number of fused-ring (bicyclic) bond motifs is 1. The van der Waals surface area contributed by atoms with Gasteiger partial charge in [0.1, 0.15) is 18.8 Å². The highest BCUT2D eigenvalue weighted by Gasteiger charge is 2.44. The molecule has 18 heteroatoms. The van der Waals surface area contributed by atoms with Crippen molar-refractivity contribution in [2.75, 3.05) is 56.9 Å². The molecule has 448 valence electrons. The molecule has 3 unspecified atom stereocenters. The van der Waals surface area contributed by atoms with E-state index < -0.39 is 54.9 Å². The lowest BCUT2D eigenvalue weighted by atomic mass is 9.69. The molecule has 3 N–H and O–H groups in total. The third-order valence-corrected chi connectivity index (χ3v) is 15.2. The van der Waals surface area contributed by atoms with E-state index in [1.165, 1.54) is 52.5 Å². The Morgan fingerprint density at radius 1 is 0.838 bits per heavy atom. The molecule has 3 rings (SSSR count). The van der Waals surface area contributed by atoms with Crippen LogP contribution in [0.15, 0.2) is 84.3 Å². The molecule has 80 heavy (non-hydrogen) atoms. The number of carbonyl (C=O) groups is 7. The molecular weight excluding hydrogens is 1040 g/mol. The van der Waals surface area contributed by atoms with E-state index in [1.54, 1.807) is 6.08 Å². The summed E-state index contributed by atoms with van der Waals surface area (Å²) in [6.45, 7) is 23.3. The molecule has 0 saturated carbocycles. The number of aliphatic hydroxyl groups excluding tert-OH is 2. The maximum Gasteiger partial charge on any atom is 0.303 e. The van der Waals surface area contributed by atoms with Crippen molar-refractivity contribution in [3.05, 3.63) is 90.6 Å². The Morgan fingerprint density at radius 2 is 1.48 bits per heavy atom. The highest BCUT2D eigenvalue weighted by Crippen LogP contribution is 2.51. The Hall–Kier alpha value is -5.98. The van der Waals surface area contributed by atoms with Crippen molar-refractivity contribution in [3.8, 4) is 0 Å². The molecular formula is C62H95N3O14S. The second-order valence-corrected chi connectivity index (χ2v) is 21.5. The number of esters is 5. The fourth-order valence-electron chi connectivity index (χ4n) is 9.08. The molecule has 2 aromatic carbocycles. The van der Waals surface area contributed by atoms with E-state index in [-0.39, 0.29) is 67.1 Å². The van der Waals surface area contributed by atoms with Gasteiger partial charge in [0.05, 0.1) is 25.9 Å². The number of hydrogen-bond acceptors (Lipinski definition) is 16. The van der Waals surface area contributed by atoms with E-state index in [1.807, 2.05) is 69.2 Å². The number of nitrogens with zero attached hydrogens (tertiary/aromatic N) is 2. The number of carbonyl (C=O) groups excluding carboxylic acids is 7. The zero-order chi connectivity index (χ0) is 60.5. The molecule has 0 saturated heterocycles. The number of benzene rings is 2. The third-order valence-electron chi connectivity index (χ3n) is 13.8. The standard InChI is InChI=1S/C45H65N3O11S.C14H24O.C3H6O2/c1-10-12-21-45(11-2)28-60-41-20-19-36(47(8)9)24-38(41)43(44(45)55)34-16-15-17-35(23-34)46-42(54)18-13-14-22-48(29(3)49)26-37(57-31(5)51)25-39(58-32(6)52)40(59-33(7)53)27-56-30(4)50;1-5-7-9-11-14(15)13(4)12(3)10-8-6-2;1-3(4)5-2/h15-17,19-20,23-24,37,39-40,43-44,55H,10-14,18,21-22,25-28H2,1-9H3,(H,46,54);6,8,10,13-15H,2-3,5,7,9,11H2,1,4H3;1-2H3/b;10-8-;/t37-,39+,40?,43?,44?,45+;13-,14-;/m10./s1. The average molecular weight is 1140 g/mol. The van der Waals surface area contributed by atoms with Crippen LogP contribution in [0.1, 0.15) is 163 Å². The summed E-state index contributed by atoms with van der Waals surface area (Å²) < 4.78 is 25.4. The number of unbranched alkanes of at least 4 members (excludes halogenated alkanes) is 4. The van der Waals surface area contributed by atoms with Gasteiger partial charge in [-0.05, 0) is 79.1 Å². The summed E-state index contributed by atoms with van der Waals surface area (Å²) in [7, 11) is 5.36. The molecule has 0 bridgehead atoms. The van der Waals surface area contributed by atoms with Gasteiger partial charge in [-0.3, -0.25) is 33.6 Å². The molecule has 0 radical (unpaired) electrons. The predicted octanol–water partition coefficient (Wildman–Crippen LogP) is 10.7. The quantitative estimate of drug-likeness (QED) is 0.0286. The Kier molecular flexibility index (Phi) is 34.8. The van der Waals surface area contributed by atoms with Crippen LogP contribution >= 0.6 is 11.8 Å². The Bertz CT molecular complexity index is 2320. The SMILES string of the molecule is C=C/C=C\C(=C)[C@H](C)[C@@H](O)CCCCC.CCCC[C@@]1(CC)CSc2ccc(N(C)C)cc2C(c2cccc(NC(=O)CCCCN(C[C@@H](C[C@H](OC(C)=O)C(COC(C)=O)OC(C)=O)OC(C)=O)C(C)=O)c2)C1O.COC(C)=O. The second kappa shape index (κ2) is 38.6. The van der Waals surface area contributed by atoms with Crippen LogP contribution in [0.5, 0.6) is 0 Å². The Balaban J connectivity index is 0.00000135. The summed E-state index contributed by atoms with van der Waals surface area (Å²) in [6, 6.07) is 14.2. The zero-order valence-corrected chi connectivity index (χ0v) is 51.0. The van der Waals surface area contributed by atoms with Gasteiger partial charge in [0.25, 0.3) is 0 Å². The minimum absolute atomic E-state index is 0.0749. The number of amides is 2. The summed E-state index contributed by atoms with van der Waals surface area (Å²) >= 11 is 1.82. The van der Waals surface area contributed by atoms with Gasteiger partial charge in [0.2, 0.25) is 11.8 Å². The van der Waals surface area contributed by atoms with Crippen LogP contribution in [0, 0.1) is 11.3 Å². The number of methoxy groups -OCH3 is 1. The number of rotatable bonds is 30. The van der Waals surface area contributed by atoms with Crippen molar-refractivity contribution in [2.45, 2.75) is 188 Å². The Morgan fingerprint density at radius 3 is 2.02 bits per heavy atom. The molecule has 0 aromatic heterocycles. The van der Waals surface area contributed by atoms with Gasteiger partial charge in [0.15, 0.2) is 6.10 Å². The monoisotopic (exact) mass is 1140 g/mol. The van der Waals surface area contributed by atoms with E-state index in [0.29, 0.717) is 18.5 Å². The third kappa shape index (κ3) is 27.0. The van der Waals surface area contributed by atoms with Crippen molar-refractivity contribution in [2.24, 2.45) is 11.3 Å². The van der Waals surface area contributed by atoms with Crippen LogP contribution in [0.4, 0.5) is 11.4 Å². The lowest BCUT2D eigenvalue weighted by Crippen LogP contribution is -2.45. The van der Waals surface area contributed by atoms with Crippen LogP contribution in [-0.4, -0.2) is 134 Å². The van der Waals surface area contributed by atoms with Gasteiger partial charge in [-0.25, -0.2) is 0 Å². The molecule has 8 atom stereocenters. The minimum Gasteiger partial charge on any atom is -0.469 e. The number of hydrogen-bond donors (Lipinski definition) is 3. The number of nitrogens with one attached hydrogen (secondary N) is 1. The molecule has 2 aromatic rings. The van der Waals surface area contributed by atoms with Crippen molar-refractivity contribution in [1.29, 1.82) is 0 Å². The average Bonchev–Trinajstić information content (AvgIpc) is 3.51. The predicted molar refractivity (Wildman–Crippen MR) is 316 cm³/mol. The maximum atomic E-state index is 13.3. The van der Waals surface area contributed by atoms with Gasteiger partial charge in [-0.15, -0.1) is 11.8 Å². The van der Waals surface area contributed by atoms with Crippen molar-refractivity contribution >= 4 is 64.8 Å². The highest BCUT2D eigenvalue weighted by atomic mass is 32.2. The molecule has 0 aliphatic carbocycles. The number of allylic oxidation sites excluding steroid dienone is 3. The smallest absolute Gasteiger partial charge is 0.303 e. The van der Waals surface area contributed by atoms with Crippen LogP contribution in [-0.2, 0) is 57.2 Å². The molecule has 1 aliphatic heterocycles. The molecule has 0 fully saturated rings. The van der Waals surface area contributed by atoms with E-state index in [9.17, 15) is 43.8 Å². The first kappa shape index (κ1) is 72.0. The normalized spacial score (nSPS) is 17.3. The fraction of sp³-hybridized carbons (Fsp3) is 0.597. The van der Waals surface area contributed by atoms with E-state index in [0.717, 1.165) is 85.4 Å². The summed E-state index contributed by atoms with van der Waals surface area (Å²) in [5.74, 6) is -2.81. The zero-order valence-electron chi connectivity index (χ0n) is 50.1. The molecule has 0 spiro atoms. The highest BCUT2D eigenvalue weighted by molar-refractivity contribution is 7.99. The lowest BCUT2D eigenvalue weighted by molar-refractivity contribution is -0.177. The van der Waals surface area contributed by atoms with Gasteiger partial charge in [0, 0.05) is 114 Å². The maximum absolute atomic E-state index is 13.3. The van der Waals surface area contributed by atoms with Crippen LogP contribution < -0.4 is 10.2 Å². The number of thioether (sulfide) groups is 1. The van der Waals surface area contributed by atoms with Crippen molar-refractivity contribution in [1.82, 2.24) is 4.90 Å². The minimum atomic E-state index is -1.20. The van der Waals surface area contributed by atoms with Gasteiger partial charge in [-0.2, -0.15) is 0 Å². The molecule has 1 aliphatic rings. The lowest BCUT2D eigenvalue weighted by Gasteiger charge is -2.40. The molecule has 1 heterocycles. The Labute approximate surface area is 481 Å². The summed E-state index contributed by atoms with van der Waals surface area (Å²) in [5.41, 5.74) is 4.37. The first-order valence-electron chi connectivity index (χ1n) is 27.9. The largest absolute Gasteiger partial charge is 0.469 e. The summed E-state index contributed by atoms with van der Waals surface area (Å²) in [6.07, 6.45) is 10.3. The number of ether oxygens (including phenoxy) is 5. The van der Waals surface area contributed by atoms with E-state index in [4.69, 9.17) is 18.9 Å². The van der Waals surface area contributed by atoms with Crippen molar-refractivity contribution < 1.29 is 67.5 Å². The number of aliphatic hydroxyl groups is 2. The number of anilines is 2. The van der Waals surface area contributed by atoms with Gasteiger partial charge >= 0.3 is 29.8 Å². The van der Waals surface area contributed by atoms with Crippen LogP contribution in [0.25, 0.3) is 0 Å². The summed E-state index contributed by atoms with van der Waals surface area (Å²) in [4.78, 5) is 87.9. The van der Waals surface area contributed by atoms with Crippen LogP contribution in [0.3, 0.4) is 0 Å².